The molecule has 0 aromatic carbocycles. The molecule has 0 unspecified atom stereocenters. The number of carbonyl (C=O) groups excluding carboxylic acids is 2. The Kier molecular flexibility index (Phi) is 4.43. The van der Waals surface area contributed by atoms with Crippen LogP contribution in [0.15, 0.2) is 0 Å². The number of Topliss-reactive ketones (excluding diaryl/α,β-unsaturated/α-hetero) is 1. The maximum Gasteiger partial charge on any atom is 0.490 e. The first-order valence-electron chi connectivity index (χ1n) is 10.4. The van der Waals surface area contributed by atoms with Crippen LogP contribution in [-0.4, -0.2) is 24.0 Å². The third-order valence-electron chi connectivity index (χ3n) is 8.88. The van der Waals surface area contributed by atoms with Gasteiger partial charge >= 0.3 is 12.1 Å². The maximum atomic E-state index is 12.7. The van der Waals surface area contributed by atoms with Crippen LogP contribution >= 0.6 is 0 Å². The molecule has 4 fully saturated rings. The van der Waals surface area contributed by atoms with Crippen LogP contribution in [0, 0.1) is 34.5 Å². The minimum absolute atomic E-state index is 0.179. The number of carbonyl (C=O) groups is 2. The fraction of sp³-hybridized carbons (Fsp3) is 0.905. The van der Waals surface area contributed by atoms with Crippen molar-refractivity contribution in [2.24, 2.45) is 34.5 Å². The van der Waals surface area contributed by atoms with E-state index in [0.717, 1.165) is 38.5 Å². The molecule has 0 aromatic heterocycles. The van der Waals surface area contributed by atoms with Gasteiger partial charge in [0.2, 0.25) is 0 Å². The van der Waals surface area contributed by atoms with E-state index in [1.54, 1.807) is 0 Å². The summed E-state index contributed by atoms with van der Waals surface area (Å²) in [5.41, 5.74) is -0.172. The number of hydrogen-bond donors (Lipinski definition) is 0. The first-order chi connectivity index (χ1) is 12.6. The van der Waals surface area contributed by atoms with Gasteiger partial charge in [0.25, 0.3) is 0 Å². The normalized spacial score (nSPS) is 47.0. The molecule has 4 rings (SSSR count). The number of rotatable bonds is 1. The van der Waals surface area contributed by atoms with Crippen molar-refractivity contribution in [3.8, 4) is 0 Å². The van der Waals surface area contributed by atoms with Gasteiger partial charge in [-0.3, -0.25) is 4.79 Å². The summed E-state index contributed by atoms with van der Waals surface area (Å²) in [4.78, 5) is 23.4. The summed E-state index contributed by atoms with van der Waals surface area (Å²) >= 11 is 0. The molecule has 0 bridgehead atoms. The largest absolute Gasteiger partial charge is 0.490 e. The van der Waals surface area contributed by atoms with Gasteiger partial charge in [-0.25, -0.2) is 4.79 Å². The molecule has 7 atom stereocenters. The first-order valence-corrected chi connectivity index (χ1v) is 10.4. The molecule has 0 amide bonds. The molecule has 0 spiro atoms. The van der Waals surface area contributed by atoms with Crippen molar-refractivity contribution in [2.75, 3.05) is 0 Å². The van der Waals surface area contributed by atoms with Gasteiger partial charge in [0.1, 0.15) is 11.9 Å². The molecule has 0 aliphatic heterocycles. The van der Waals surface area contributed by atoms with Crippen molar-refractivity contribution in [3.63, 3.8) is 0 Å². The molecule has 4 aliphatic carbocycles. The monoisotopic (exact) mass is 386 g/mol. The summed E-state index contributed by atoms with van der Waals surface area (Å²) in [5.74, 6) is 0.143. The van der Waals surface area contributed by atoms with Crippen molar-refractivity contribution in [3.05, 3.63) is 0 Å². The zero-order valence-electron chi connectivity index (χ0n) is 16.1. The number of esters is 1. The second-order valence-electron chi connectivity index (χ2n) is 9.91. The summed E-state index contributed by atoms with van der Waals surface area (Å²) in [6.45, 7) is 4.38. The fourth-order valence-corrected chi connectivity index (χ4v) is 7.39. The Bertz CT molecular complexity index is 645. The van der Waals surface area contributed by atoms with E-state index >= 15 is 0 Å². The van der Waals surface area contributed by atoms with Crippen LogP contribution in [0.3, 0.4) is 0 Å². The maximum absolute atomic E-state index is 12.7. The van der Waals surface area contributed by atoms with E-state index in [2.05, 4.69) is 6.92 Å². The van der Waals surface area contributed by atoms with E-state index in [0.29, 0.717) is 48.7 Å². The second kappa shape index (κ2) is 6.21. The Balaban J connectivity index is 1.54. The fourth-order valence-electron chi connectivity index (χ4n) is 7.39. The molecule has 152 valence electrons. The van der Waals surface area contributed by atoms with E-state index in [1.807, 2.05) is 6.92 Å². The zero-order chi connectivity index (χ0) is 19.6. The number of alkyl halides is 3. The van der Waals surface area contributed by atoms with Crippen LogP contribution < -0.4 is 0 Å². The van der Waals surface area contributed by atoms with Crippen LogP contribution in [0.25, 0.3) is 0 Å². The molecule has 4 aliphatic rings. The van der Waals surface area contributed by atoms with Gasteiger partial charge in [0.05, 0.1) is 0 Å². The third-order valence-corrected chi connectivity index (χ3v) is 8.88. The SMILES string of the molecule is C[C@]12CCC(=O)C[C@@H]1CC[C@@H]1[C@@H]2CC[C@]2(C)[C@@H](OC(=O)C(F)(F)F)CC[C@@H]12. The predicted molar refractivity (Wildman–Crippen MR) is 92.7 cm³/mol. The Morgan fingerprint density at radius 3 is 2.41 bits per heavy atom. The van der Waals surface area contributed by atoms with E-state index in [9.17, 15) is 22.8 Å². The minimum atomic E-state index is -4.92. The highest BCUT2D eigenvalue weighted by Gasteiger charge is 2.61. The second-order valence-corrected chi connectivity index (χ2v) is 9.91. The molecule has 0 radical (unpaired) electrons. The average molecular weight is 386 g/mol. The number of hydrogen-bond acceptors (Lipinski definition) is 3. The molecule has 3 nitrogen and oxygen atoms in total. The van der Waals surface area contributed by atoms with Crippen molar-refractivity contribution >= 4 is 11.8 Å². The lowest BCUT2D eigenvalue weighted by Crippen LogP contribution is -2.54. The summed E-state index contributed by atoms with van der Waals surface area (Å²) < 4.78 is 43.0. The van der Waals surface area contributed by atoms with Gasteiger partial charge in [-0.05, 0) is 74.0 Å². The van der Waals surface area contributed by atoms with Gasteiger partial charge in [-0.15, -0.1) is 0 Å². The first kappa shape index (κ1) is 19.3. The Morgan fingerprint density at radius 1 is 1.00 bits per heavy atom. The quantitative estimate of drug-likeness (QED) is 0.591. The molecule has 27 heavy (non-hydrogen) atoms. The number of fused-ring (bicyclic) bond motifs is 5. The van der Waals surface area contributed by atoms with E-state index in [1.165, 1.54) is 0 Å². The minimum Gasteiger partial charge on any atom is -0.455 e. The van der Waals surface area contributed by atoms with Crippen molar-refractivity contribution < 1.29 is 27.5 Å². The van der Waals surface area contributed by atoms with E-state index in [4.69, 9.17) is 4.74 Å². The topological polar surface area (TPSA) is 43.4 Å². The van der Waals surface area contributed by atoms with E-state index in [-0.39, 0.29) is 10.8 Å². The number of halogens is 3. The number of ether oxygens (including phenoxy) is 1. The Labute approximate surface area is 158 Å². The van der Waals surface area contributed by atoms with Crippen molar-refractivity contribution in [1.82, 2.24) is 0 Å². The van der Waals surface area contributed by atoms with Gasteiger partial charge in [-0.1, -0.05) is 13.8 Å². The molecule has 0 aromatic rings. The van der Waals surface area contributed by atoms with Crippen LogP contribution in [0.1, 0.15) is 71.6 Å². The average Bonchev–Trinajstić information content (AvgIpc) is 2.91. The molecule has 6 heteroatoms. The van der Waals surface area contributed by atoms with E-state index < -0.39 is 18.2 Å². The predicted octanol–water partition coefficient (Wildman–Crippen LogP) is 5.07. The smallest absolute Gasteiger partial charge is 0.455 e. The summed E-state index contributed by atoms with van der Waals surface area (Å²) in [6.07, 6.45) is 2.02. The van der Waals surface area contributed by atoms with Gasteiger partial charge in [-0.2, -0.15) is 13.2 Å². The van der Waals surface area contributed by atoms with Crippen LogP contribution in [0.2, 0.25) is 0 Å². The van der Waals surface area contributed by atoms with Crippen LogP contribution in [-0.2, 0) is 14.3 Å². The van der Waals surface area contributed by atoms with Crippen LogP contribution in [0.4, 0.5) is 13.2 Å². The summed E-state index contributed by atoms with van der Waals surface area (Å²) in [7, 11) is 0. The molecule has 4 saturated carbocycles. The highest BCUT2D eigenvalue weighted by Crippen LogP contribution is 2.66. The van der Waals surface area contributed by atoms with Crippen molar-refractivity contribution in [2.45, 2.75) is 83.9 Å². The molecular formula is C21H29F3O3. The number of ketones is 1. The molecular weight excluding hydrogens is 357 g/mol. The zero-order valence-corrected chi connectivity index (χ0v) is 16.1. The van der Waals surface area contributed by atoms with Gasteiger partial charge < -0.3 is 4.74 Å². The van der Waals surface area contributed by atoms with Crippen molar-refractivity contribution in [1.29, 1.82) is 0 Å². The summed E-state index contributed by atoms with van der Waals surface area (Å²) in [5, 5.41) is 0. The highest BCUT2D eigenvalue weighted by atomic mass is 19.4. The third kappa shape index (κ3) is 2.93. The Morgan fingerprint density at radius 2 is 1.70 bits per heavy atom. The lowest BCUT2D eigenvalue weighted by Gasteiger charge is -2.60. The van der Waals surface area contributed by atoms with Gasteiger partial charge in [0.15, 0.2) is 0 Å². The molecule has 0 saturated heterocycles. The molecule has 0 N–H and O–H groups in total. The lowest BCUT2D eigenvalue weighted by molar-refractivity contribution is -0.212. The summed E-state index contributed by atoms with van der Waals surface area (Å²) in [6, 6.07) is 0. The highest BCUT2D eigenvalue weighted by molar-refractivity contribution is 5.79. The van der Waals surface area contributed by atoms with Crippen LogP contribution in [0.5, 0.6) is 0 Å². The van der Waals surface area contributed by atoms with Gasteiger partial charge in [0, 0.05) is 18.3 Å². The molecule has 0 heterocycles. The standard InChI is InChI=1S/C21H29F3O3/c1-19-9-7-13(25)11-12(19)3-4-14-15-5-6-17(27-18(26)21(22,23)24)20(15,2)10-8-16(14)19/h12,14-17H,3-11H2,1-2H3/t12-,14-,15-,16-,17-,19-,20-/m0/s1. The Hall–Kier alpha value is -1.07. The lowest BCUT2D eigenvalue weighted by atomic mass is 9.45.